The molecule has 1 aliphatic rings. The smallest absolute Gasteiger partial charge is 0.253 e. The summed E-state index contributed by atoms with van der Waals surface area (Å²) in [7, 11) is 1.97. The van der Waals surface area contributed by atoms with Gasteiger partial charge in [-0.05, 0) is 44.0 Å². The summed E-state index contributed by atoms with van der Waals surface area (Å²) in [6.07, 6.45) is 3.26. The van der Waals surface area contributed by atoms with Crippen molar-refractivity contribution in [1.82, 2.24) is 10.2 Å². The quantitative estimate of drug-likeness (QED) is 0.924. The summed E-state index contributed by atoms with van der Waals surface area (Å²) in [5, 5.41) is 3.26. The maximum absolute atomic E-state index is 12.4. The molecule has 0 bridgehead atoms. The van der Waals surface area contributed by atoms with Gasteiger partial charge in [-0.25, -0.2) is 0 Å². The van der Waals surface area contributed by atoms with Crippen molar-refractivity contribution in [3.63, 3.8) is 0 Å². The van der Waals surface area contributed by atoms with Gasteiger partial charge >= 0.3 is 0 Å². The number of carbonyl (C=O) groups excluding carboxylic acids is 1. The molecule has 1 fully saturated rings. The Bertz CT molecular complexity index is 405. The van der Waals surface area contributed by atoms with Gasteiger partial charge in [0.25, 0.3) is 5.91 Å². The third kappa shape index (κ3) is 3.95. The molecular weight excluding hydrogens is 260 g/mol. The summed E-state index contributed by atoms with van der Waals surface area (Å²) in [6.45, 7) is 3.83. The standard InChI is InChI=1S/C15H22N2O.ClH/c1-3-12-6-8-13(9-7-12)15(18)17-10-4-5-14(11-17)16-2;/h6-9,14,16H,3-5,10-11H2,1-2H3;1H. The molecule has 0 radical (unpaired) electrons. The Balaban J connectivity index is 0.00000180. The lowest BCUT2D eigenvalue weighted by Crippen LogP contribution is -2.46. The zero-order chi connectivity index (χ0) is 13.0. The minimum absolute atomic E-state index is 0. The Labute approximate surface area is 121 Å². The predicted molar refractivity (Wildman–Crippen MR) is 81.1 cm³/mol. The Kier molecular flexibility index (Phi) is 6.32. The highest BCUT2D eigenvalue weighted by Gasteiger charge is 2.23. The van der Waals surface area contributed by atoms with Gasteiger partial charge in [-0.2, -0.15) is 0 Å². The summed E-state index contributed by atoms with van der Waals surface area (Å²) in [6, 6.07) is 8.44. The molecule has 1 aromatic carbocycles. The van der Waals surface area contributed by atoms with Crippen molar-refractivity contribution in [1.29, 1.82) is 0 Å². The van der Waals surface area contributed by atoms with Crippen molar-refractivity contribution in [2.45, 2.75) is 32.2 Å². The first-order valence-corrected chi connectivity index (χ1v) is 6.80. The minimum atomic E-state index is 0. The van der Waals surface area contributed by atoms with Crippen molar-refractivity contribution < 1.29 is 4.79 Å². The topological polar surface area (TPSA) is 32.3 Å². The third-order valence-corrected chi connectivity index (χ3v) is 3.73. The van der Waals surface area contributed by atoms with E-state index in [2.05, 4.69) is 12.2 Å². The van der Waals surface area contributed by atoms with Crippen LogP contribution in [0, 0.1) is 0 Å². The second-order valence-corrected chi connectivity index (χ2v) is 4.93. The van der Waals surface area contributed by atoms with E-state index in [1.165, 1.54) is 5.56 Å². The van der Waals surface area contributed by atoms with Crippen LogP contribution < -0.4 is 5.32 Å². The second kappa shape index (κ2) is 7.51. The van der Waals surface area contributed by atoms with Crippen LogP contribution in [0.5, 0.6) is 0 Å². The van der Waals surface area contributed by atoms with Gasteiger partial charge in [0.05, 0.1) is 0 Å². The fraction of sp³-hybridized carbons (Fsp3) is 0.533. The molecule has 1 amide bonds. The number of halogens is 1. The average Bonchev–Trinajstić information content (AvgIpc) is 2.46. The van der Waals surface area contributed by atoms with E-state index < -0.39 is 0 Å². The molecule has 0 aliphatic carbocycles. The Hall–Kier alpha value is -1.06. The fourth-order valence-corrected chi connectivity index (χ4v) is 2.46. The number of piperidine rings is 1. The molecule has 0 spiro atoms. The Morgan fingerprint density at radius 3 is 2.63 bits per heavy atom. The number of hydrogen-bond acceptors (Lipinski definition) is 2. The van der Waals surface area contributed by atoms with Crippen molar-refractivity contribution in [2.75, 3.05) is 20.1 Å². The van der Waals surface area contributed by atoms with Crippen LogP contribution in [0.15, 0.2) is 24.3 Å². The average molecular weight is 283 g/mol. The van der Waals surface area contributed by atoms with Crippen LogP contribution in [0.2, 0.25) is 0 Å². The number of likely N-dealkylation sites (N-methyl/N-ethyl adjacent to an activating group) is 1. The summed E-state index contributed by atoms with van der Waals surface area (Å²) >= 11 is 0. The number of rotatable bonds is 3. The van der Waals surface area contributed by atoms with Crippen LogP contribution in [0.25, 0.3) is 0 Å². The summed E-state index contributed by atoms with van der Waals surface area (Å²) < 4.78 is 0. The van der Waals surface area contributed by atoms with Crippen molar-refractivity contribution in [2.24, 2.45) is 0 Å². The van der Waals surface area contributed by atoms with E-state index in [0.717, 1.165) is 37.9 Å². The summed E-state index contributed by atoms with van der Waals surface area (Å²) in [4.78, 5) is 14.3. The van der Waals surface area contributed by atoms with Crippen molar-refractivity contribution >= 4 is 18.3 Å². The highest BCUT2D eigenvalue weighted by atomic mass is 35.5. The summed E-state index contributed by atoms with van der Waals surface area (Å²) in [5.74, 6) is 0.164. The number of amides is 1. The first kappa shape index (κ1) is 16.0. The largest absolute Gasteiger partial charge is 0.337 e. The normalized spacial score (nSPS) is 18.8. The molecule has 0 saturated carbocycles. The SMILES string of the molecule is CCc1ccc(C(=O)N2CCCC(NC)C2)cc1.Cl. The molecule has 1 heterocycles. The number of likely N-dealkylation sites (tertiary alicyclic amines) is 1. The zero-order valence-electron chi connectivity index (χ0n) is 11.7. The molecule has 1 aliphatic heterocycles. The molecule has 4 heteroatoms. The highest BCUT2D eigenvalue weighted by Crippen LogP contribution is 2.14. The molecule has 1 saturated heterocycles. The first-order chi connectivity index (χ1) is 8.74. The number of aryl methyl sites for hydroxylation is 1. The molecule has 1 unspecified atom stereocenters. The van der Waals surface area contributed by atoms with Gasteiger partial charge in [-0.1, -0.05) is 19.1 Å². The van der Waals surface area contributed by atoms with Crippen LogP contribution in [-0.4, -0.2) is 37.0 Å². The van der Waals surface area contributed by atoms with Gasteiger partial charge in [0.2, 0.25) is 0 Å². The number of benzene rings is 1. The van der Waals surface area contributed by atoms with Crippen LogP contribution in [0.4, 0.5) is 0 Å². The molecule has 1 aromatic rings. The van der Waals surface area contributed by atoms with E-state index in [-0.39, 0.29) is 18.3 Å². The number of carbonyl (C=O) groups is 1. The number of hydrogen-bond donors (Lipinski definition) is 1. The van der Waals surface area contributed by atoms with E-state index in [1.807, 2.05) is 36.2 Å². The van der Waals surface area contributed by atoms with Gasteiger partial charge in [0, 0.05) is 24.7 Å². The maximum Gasteiger partial charge on any atom is 0.253 e. The molecule has 19 heavy (non-hydrogen) atoms. The van der Waals surface area contributed by atoms with Crippen LogP contribution >= 0.6 is 12.4 Å². The lowest BCUT2D eigenvalue weighted by molar-refractivity contribution is 0.0698. The number of nitrogens with zero attached hydrogens (tertiary/aromatic N) is 1. The molecule has 3 nitrogen and oxygen atoms in total. The fourth-order valence-electron chi connectivity index (χ4n) is 2.46. The van der Waals surface area contributed by atoms with E-state index in [9.17, 15) is 4.79 Å². The van der Waals surface area contributed by atoms with Crippen molar-refractivity contribution in [3.05, 3.63) is 35.4 Å². The van der Waals surface area contributed by atoms with E-state index in [4.69, 9.17) is 0 Å². The van der Waals surface area contributed by atoms with Crippen LogP contribution in [0.1, 0.15) is 35.7 Å². The van der Waals surface area contributed by atoms with Gasteiger partial charge in [-0.15, -0.1) is 12.4 Å². The second-order valence-electron chi connectivity index (χ2n) is 4.93. The molecule has 1 N–H and O–H groups in total. The van der Waals surface area contributed by atoms with E-state index in [0.29, 0.717) is 6.04 Å². The Morgan fingerprint density at radius 2 is 2.05 bits per heavy atom. The lowest BCUT2D eigenvalue weighted by atomic mass is 10.0. The predicted octanol–water partition coefficient (Wildman–Crippen LogP) is 2.49. The van der Waals surface area contributed by atoms with Crippen LogP contribution in [0.3, 0.4) is 0 Å². The maximum atomic E-state index is 12.4. The first-order valence-electron chi connectivity index (χ1n) is 6.80. The molecule has 0 aromatic heterocycles. The highest BCUT2D eigenvalue weighted by molar-refractivity contribution is 5.94. The van der Waals surface area contributed by atoms with Gasteiger partial charge in [-0.3, -0.25) is 4.79 Å². The monoisotopic (exact) mass is 282 g/mol. The molecule has 2 rings (SSSR count). The zero-order valence-corrected chi connectivity index (χ0v) is 12.5. The van der Waals surface area contributed by atoms with E-state index >= 15 is 0 Å². The third-order valence-electron chi connectivity index (χ3n) is 3.73. The number of nitrogens with one attached hydrogen (secondary N) is 1. The lowest BCUT2D eigenvalue weighted by Gasteiger charge is -2.32. The van der Waals surface area contributed by atoms with Gasteiger partial charge in [0.15, 0.2) is 0 Å². The van der Waals surface area contributed by atoms with Crippen LogP contribution in [-0.2, 0) is 6.42 Å². The molecule has 106 valence electrons. The molecular formula is C15H23ClN2O. The van der Waals surface area contributed by atoms with Gasteiger partial charge in [0.1, 0.15) is 0 Å². The minimum Gasteiger partial charge on any atom is -0.337 e. The van der Waals surface area contributed by atoms with Gasteiger partial charge < -0.3 is 10.2 Å². The molecule has 1 atom stereocenters. The van der Waals surface area contributed by atoms with Crippen molar-refractivity contribution in [3.8, 4) is 0 Å². The van der Waals surface area contributed by atoms with E-state index in [1.54, 1.807) is 0 Å². The Morgan fingerprint density at radius 1 is 1.37 bits per heavy atom. The summed E-state index contributed by atoms with van der Waals surface area (Å²) in [5.41, 5.74) is 2.09.